The van der Waals surface area contributed by atoms with Gasteiger partial charge in [0.1, 0.15) is 0 Å². The lowest BCUT2D eigenvalue weighted by atomic mass is 10.0. The van der Waals surface area contributed by atoms with Crippen molar-refractivity contribution >= 4 is 44.4 Å². The molecule has 5 heteroatoms. The Morgan fingerprint density at radius 3 is 2.82 bits per heavy atom. The number of rotatable bonds is 4. The molecule has 3 nitrogen and oxygen atoms in total. The van der Waals surface area contributed by atoms with E-state index in [1.807, 2.05) is 19.1 Å². The average molecular weight is 412 g/mol. The van der Waals surface area contributed by atoms with E-state index >= 15 is 0 Å². The van der Waals surface area contributed by atoms with Crippen molar-refractivity contribution in [3.8, 4) is 0 Å². The molecule has 0 aromatic heterocycles. The number of carbonyl (C=O) groups is 1. The van der Waals surface area contributed by atoms with Gasteiger partial charge in [-0.1, -0.05) is 22.9 Å². The Morgan fingerprint density at radius 1 is 1.59 bits per heavy atom. The number of aliphatic hydroxyl groups is 1. The van der Waals surface area contributed by atoms with Gasteiger partial charge in [0.2, 0.25) is 0 Å². The molecular formula is C12H15BrINO2. The molecule has 1 aromatic carbocycles. The molecule has 1 rings (SSSR count). The van der Waals surface area contributed by atoms with Crippen LogP contribution < -0.4 is 5.32 Å². The van der Waals surface area contributed by atoms with E-state index in [0.717, 1.165) is 8.04 Å². The number of hydrogen-bond donors (Lipinski definition) is 2. The molecule has 1 unspecified atom stereocenters. The van der Waals surface area contributed by atoms with E-state index < -0.39 is 5.60 Å². The molecule has 1 amide bonds. The topological polar surface area (TPSA) is 49.3 Å². The highest BCUT2D eigenvalue weighted by Crippen LogP contribution is 2.18. The van der Waals surface area contributed by atoms with Crippen LogP contribution in [0.2, 0.25) is 0 Å². The van der Waals surface area contributed by atoms with Gasteiger partial charge in [0.05, 0.1) is 11.2 Å². The van der Waals surface area contributed by atoms with Gasteiger partial charge in [-0.3, -0.25) is 4.79 Å². The summed E-state index contributed by atoms with van der Waals surface area (Å²) in [5.74, 6) is -0.163. The van der Waals surface area contributed by atoms with Crippen molar-refractivity contribution in [2.75, 3.05) is 6.54 Å². The summed E-state index contributed by atoms with van der Waals surface area (Å²) in [5.41, 5.74) is -0.237. The molecule has 1 atom stereocenters. The van der Waals surface area contributed by atoms with E-state index in [1.165, 1.54) is 0 Å². The summed E-state index contributed by atoms with van der Waals surface area (Å²) in [6.07, 6.45) is 0.600. The normalized spacial score (nSPS) is 14.2. The van der Waals surface area contributed by atoms with Gasteiger partial charge in [-0.2, -0.15) is 0 Å². The quantitative estimate of drug-likeness (QED) is 0.748. The zero-order chi connectivity index (χ0) is 13.1. The van der Waals surface area contributed by atoms with Crippen molar-refractivity contribution in [1.29, 1.82) is 0 Å². The van der Waals surface area contributed by atoms with Crippen molar-refractivity contribution in [2.45, 2.75) is 25.9 Å². The van der Waals surface area contributed by atoms with Gasteiger partial charge >= 0.3 is 0 Å². The van der Waals surface area contributed by atoms with E-state index in [9.17, 15) is 9.90 Å². The summed E-state index contributed by atoms with van der Waals surface area (Å²) in [6, 6.07) is 5.54. The van der Waals surface area contributed by atoms with Crippen molar-refractivity contribution in [1.82, 2.24) is 5.32 Å². The Balaban J connectivity index is 2.74. The van der Waals surface area contributed by atoms with Crippen LogP contribution in [-0.4, -0.2) is 23.2 Å². The first kappa shape index (κ1) is 14.9. The van der Waals surface area contributed by atoms with Crippen LogP contribution in [0.15, 0.2) is 22.7 Å². The summed E-state index contributed by atoms with van der Waals surface area (Å²) in [5, 5.41) is 12.6. The number of halogens is 2. The molecule has 0 spiro atoms. The summed E-state index contributed by atoms with van der Waals surface area (Å²) in [7, 11) is 0. The number of nitrogens with one attached hydrogen (secondary N) is 1. The maximum atomic E-state index is 11.9. The number of hydrogen-bond acceptors (Lipinski definition) is 2. The van der Waals surface area contributed by atoms with E-state index in [4.69, 9.17) is 0 Å². The largest absolute Gasteiger partial charge is 0.388 e. The fourth-order valence-electron chi connectivity index (χ4n) is 1.16. The molecule has 94 valence electrons. The first-order valence-corrected chi connectivity index (χ1v) is 7.18. The molecule has 0 aliphatic rings. The third-order valence-electron chi connectivity index (χ3n) is 2.56. The summed E-state index contributed by atoms with van der Waals surface area (Å²) >= 11 is 5.45. The van der Waals surface area contributed by atoms with Crippen LogP contribution in [0.1, 0.15) is 30.6 Å². The fourth-order valence-corrected chi connectivity index (χ4v) is 2.10. The van der Waals surface area contributed by atoms with Crippen LogP contribution in [0.3, 0.4) is 0 Å². The van der Waals surface area contributed by atoms with Crippen LogP contribution in [-0.2, 0) is 0 Å². The molecule has 0 bridgehead atoms. The SMILES string of the molecule is CCC(C)(O)CNC(=O)c1cc(Br)ccc1I. The highest BCUT2D eigenvalue weighted by molar-refractivity contribution is 14.1. The monoisotopic (exact) mass is 411 g/mol. The van der Waals surface area contributed by atoms with Gasteiger partial charge in [0, 0.05) is 14.6 Å². The second-order valence-corrected chi connectivity index (χ2v) is 6.24. The van der Waals surface area contributed by atoms with Crippen LogP contribution in [0.4, 0.5) is 0 Å². The number of carbonyl (C=O) groups excluding carboxylic acids is 1. The van der Waals surface area contributed by atoms with Gasteiger partial charge < -0.3 is 10.4 Å². The third-order valence-corrected chi connectivity index (χ3v) is 4.00. The molecule has 0 aliphatic carbocycles. The van der Waals surface area contributed by atoms with Crippen molar-refractivity contribution in [3.05, 3.63) is 31.8 Å². The lowest BCUT2D eigenvalue weighted by molar-refractivity contribution is 0.0518. The molecule has 0 saturated carbocycles. The standard InChI is InChI=1S/C12H15BrINO2/c1-3-12(2,17)7-15-11(16)9-6-8(13)4-5-10(9)14/h4-6,17H,3,7H2,1-2H3,(H,15,16). The average Bonchev–Trinajstić information content (AvgIpc) is 2.29. The summed E-state index contributed by atoms with van der Waals surface area (Å²) < 4.78 is 1.75. The fraction of sp³-hybridized carbons (Fsp3) is 0.417. The predicted octanol–water partition coefficient (Wildman–Crippen LogP) is 2.94. The molecule has 1 aromatic rings. The molecule has 0 fully saturated rings. The van der Waals surface area contributed by atoms with Gasteiger partial charge in [0.25, 0.3) is 5.91 Å². The van der Waals surface area contributed by atoms with E-state index in [2.05, 4.69) is 43.8 Å². The molecule has 0 saturated heterocycles. The highest BCUT2D eigenvalue weighted by atomic mass is 127. The van der Waals surface area contributed by atoms with Gasteiger partial charge in [0.15, 0.2) is 0 Å². The minimum atomic E-state index is -0.854. The Bertz CT molecular complexity index is 421. The second kappa shape index (κ2) is 6.15. The second-order valence-electron chi connectivity index (χ2n) is 4.16. The van der Waals surface area contributed by atoms with Gasteiger partial charge in [-0.15, -0.1) is 0 Å². The number of amides is 1. The molecule has 0 heterocycles. The van der Waals surface area contributed by atoms with Crippen LogP contribution in [0.25, 0.3) is 0 Å². The van der Waals surface area contributed by atoms with Gasteiger partial charge in [-0.25, -0.2) is 0 Å². The zero-order valence-corrected chi connectivity index (χ0v) is 13.5. The van der Waals surface area contributed by atoms with Crippen LogP contribution in [0.5, 0.6) is 0 Å². The molecule has 0 aliphatic heterocycles. The first-order valence-electron chi connectivity index (χ1n) is 5.31. The first-order chi connectivity index (χ1) is 7.85. The molecule has 2 N–H and O–H groups in total. The van der Waals surface area contributed by atoms with Crippen LogP contribution in [0, 0.1) is 3.57 Å². The Kier molecular flexibility index (Phi) is 5.40. The molecule has 17 heavy (non-hydrogen) atoms. The smallest absolute Gasteiger partial charge is 0.252 e. The maximum Gasteiger partial charge on any atom is 0.252 e. The minimum Gasteiger partial charge on any atom is -0.388 e. The molecule has 0 radical (unpaired) electrons. The zero-order valence-electron chi connectivity index (χ0n) is 9.76. The Hall–Kier alpha value is -0.140. The van der Waals surface area contributed by atoms with Crippen molar-refractivity contribution in [2.24, 2.45) is 0 Å². The lowest BCUT2D eigenvalue weighted by Crippen LogP contribution is -2.40. The summed E-state index contributed by atoms with van der Waals surface area (Å²) in [6.45, 7) is 3.85. The third kappa shape index (κ3) is 4.56. The van der Waals surface area contributed by atoms with Crippen molar-refractivity contribution in [3.63, 3.8) is 0 Å². The van der Waals surface area contributed by atoms with E-state index in [-0.39, 0.29) is 12.5 Å². The lowest BCUT2D eigenvalue weighted by Gasteiger charge is -2.21. The number of benzene rings is 1. The Morgan fingerprint density at radius 2 is 2.24 bits per heavy atom. The van der Waals surface area contributed by atoms with Crippen molar-refractivity contribution < 1.29 is 9.90 Å². The van der Waals surface area contributed by atoms with E-state index in [1.54, 1.807) is 13.0 Å². The highest BCUT2D eigenvalue weighted by Gasteiger charge is 2.19. The minimum absolute atomic E-state index is 0.163. The van der Waals surface area contributed by atoms with Gasteiger partial charge in [-0.05, 0) is 54.1 Å². The summed E-state index contributed by atoms with van der Waals surface area (Å²) in [4.78, 5) is 11.9. The molecular weight excluding hydrogens is 397 g/mol. The predicted molar refractivity (Wildman–Crippen MR) is 80.1 cm³/mol. The Labute approximate surface area is 123 Å². The maximum absolute atomic E-state index is 11.9. The van der Waals surface area contributed by atoms with E-state index in [0.29, 0.717) is 12.0 Å². The van der Waals surface area contributed by atoms with Crippen LogP contribution >= 0.6 is 38.5 Å².